The van der Waals surface area contributed by atoms with Gasteiger partial charge in [-0.2, -0.15) is 5.26 Å². The van der Waals surface area contributed by atoms with Crippen LogP contribution in [-0.2, 0) is 0 Å². The average Bonchev–Trinajstić information content (AvgIpc) is 2.65. The van der Waals surface area contributed by atoms with Crippen LogP contribution >= 0.6 is 11.6 Å². The molecule has 0 aromatic heterocycles. The predicted octanol–water partition coefficient (Wildman–Crippen LogP) is 3.24. The van der Waals surface area contributed by atoms with Crippen molar-refractivity contribution in [2.24, 2.45) is 0 Å². The molecule has 2 atom stereocenters. The van der Waals surface area contributed by atoms with E-state index < -0.39 is 5.60 Å². The fourth-order valence-corrected chi connectivity index (χ4v) is 2.70. The molecule has 4 heteroatoms. The van der Waals surface area contributed by atoms with Gasteiger partial charge in [-0.05, 0) is 50.8 Å². The molecule has 0 radical (unpaired) electrons. The van der Waals surface area contributed by atoms with E-state index in [0.717, 1.165) is 30.5 Å². The second kappa shape index (κ2) is 4.79. The largest absolute Gasteiger partial charge is 0.388 e. The van der Waals surface area contributed by atoms with Gasteiger partial charge in [0, 0.05) is 5.69 Å². The molecule has 3 nitrogen and oxygen atoms in total. The summed E-state index contributed by atoms with van der Waals surface area (Å²) in [5.41, 5.74) is 1.56. The summed E-state index contributed by atoms with van der Waals surface area (Å²) in [7, 11) is 0. The van der Waals surface area contributed by atoms with Crippen molar-refractivity contribution in [3.63, 3.8) is 0 Å². The van der Waals surface area contributed by atoms with Gasteiger partial charge in [-0.25, -0.2) is 0 Å². The van der Waals surface area contributed by atoms with Gasteiger partial charge in [-0.1, -0.05) is 11.6 Å². The molecule has 1 aromatic carbocycles. The average molecular weight is 265 g/mol. The monoisotopic (exact) mass is 264 g/mol. The third-order valence-electron chi connectivity index (χ3n) is 3.76. The van der Waals surface area contributed by atoms with Crippen molar-refractivity contribution >= 4 is 17.3 Å². The summed E-state index contributed by atoms with van der Waals surface area (Å²) < 4.78 is 0. The molecule has 1 aromatic rings. The minimum Gasteiger partial charge on any atom is -0.388 e. The van der Waals surface area contributed by atoms with Crippen molar-refractivity contribution in [1.82, 2.24) is 0 Å². The lowest BCUT2D eigenvalue weighted by molar-refractivity contribution is 0.0578. The minimum absolute atomic E-state index is 0.0419. The van der Waals surface area contributed by atoms with E-state index in [0.29, 0.717) is 10.6 Å². The fraction of sp³-hybridized carbons (Fsp3) is 0.500. The van der Waals surface area contributed by atoms with Crippen LogP contribution in [-0.4, -0.2) is 16.7 Å². The predicted molar refractivity (Wildman–Crippen MR) is 72.8 cm³/mol. The van der Waals surface area contributed by atoms with Crippen LogP contribution in [0.25, 0.3) is 0 Å². The number of anilines is 1. The molecule has 1 aliphatic rings. The quantitative estimate of drug-likeness (QED) is 0.862. The summed E-state index contributed by atoms with van der Waals surface area (Å²) >= 11 is 6.13. The van der Waals surface area contributed by atoms with E-state index in [1.165, 1.54) is 0 Å². The van der Waals surface area contributed by atoms with E-state index in [9.17, 15) is 5.11 Å². The van der Waals surface area contributed by atoms with E-state index in [1.54, 1.807) is 6.07 Å². The first-order chi connectivity index (χ1) is 8.45. The van der Waals surface area contributed by atoms with Crippen LogP contribution < -0.4 is 5.32 Å². The molecular formula is C14H17ClN2O. The Morgan fingerprint density at radius 2 is 2.28 bits per heavy atom. The second-order valence-electron chi connectivity index (χ2n) is 5.16. The Bertz CT molecular complexity index is 505. The van der Waals surface area contributed by atoms with Crippen molar-refractivity contribution in [2.45, 2.75) is 44.8 Å². The lowest BCUT2D eigenvalue weighted by Crippen LogP contribution is -2.39. The number of benzene rings is 1. The van der Waals surface area contributed by atoms with Crippen LogP contribution in [0.15, 0.2) is 12.1 Å². The molecule has 2 N–H and O–H groups in total. The zero-order valence-electron chi connectivity index (χ0n) is 10.6. The van der Waals surface area contributed by atoms with Crippen LogP contribution in [0.3, 0.4) is 0 Å². The van der Waals surface area contributed by atoms with E-state index in [4.69, 9.17) is 16.9 Å². The SMILES string of the molecule is Cc1c(NC2CCC[C@@]2(C)O)ccc(C#N)c1Cl. The molecule has 1 aliphatic carbocycles. The van der Waals surface area contributed by atoms with Crippen molar-refractivity contribution in [3.05, 3.63) is 28.3 Å². The highest BCUT2D eigenvalue weighted by molar-refractivity contribution is 6.32. The van der Waals surface area contributed by atoms with Crippen LogP contribution in [0.2, 0.25) is 5.02 Å². The van der Waals surface area contributed by atoms with Gasteiger partial charge in [0.15, 0.2) is 0 Å². The second-order valence-corrected chi connectivity index (χ2v) is 5.54. The van der Waals surface area contributed by atoms with Crippen molar-refractivity contribution in [2.75, 3.05) is 5.32 Å². The molecular weight excluding hydrogens is 248 g/mol. The van der Waals surface area contributed by atoms with Crippen molar-refractivity contribution < 1.29 is 5.11 Å². The number of hydrogen-bond acceptors (Lipinski definition) is 3. The molecule has 2 rings (SSSR count). The Labute approximate surface area is 112 Å². The highest BCUT2D eigenvalue weighted by Crippen LogP contribution is 2.34. The Morgan fingerprint density at radius 3 is 2.83 bits per heavy atom. The molecule has 1 fully saturated rings. The van der Waals surface area contributed by atoms with Crippen LogP contribution in [0.1, 0.15) is 37.3 Å². The Balaban J connectivity index is 2.26. The maximum atomic E-state index is 10.2. The first-order valence-corrected chi connectivity index (χ1v) is 6.51. The highest BCUT2D eigenvalue weighted by Gasteiger charge is 2.36. The molecule has 1 unspecified atom stereocenters. The van der Waals surface area contributed by atoms with E-state index >= 15 is 0 Å². The fourth-order valence-electron chi connectivity index (χ4n) is 2.49. The molecule has 1 saturated carbocycles. The van der Waals surface area contributed by atoms with E-state index in [1.807, 2.05) is 19.9 Å². The zero-order chi connectivity index (χ0) is 13.3. The van der Waals surface area contributed by atoms with Crippen LogP contribution in [0.4, 0.5) is 5.69 Å². The number of nitriles is 1. The first kappa shape index (κ1) is 13.2. The minimum atomic E-state index is -0.674. The van der Waals surface area contributed by atoms with Gasteiger partial charge < -0.3 is 10.4 Å². The number of aliphatic hydroxyl groups is 1. The van der Waals surface area contributed by atoms with Crippen molar-refractivity contribution in [1.29, 1.82) is 5.26 Å². The molecule has 0 saturated heterocycles. The lowest BCUT2D eigenvalue weighted by atomic mass is 9.99. The Hall–Kier alpha value is -1.24. The number of nitrogens with one attached hydrogen (secondary N) is 1. The van der Waals surface area contributed by atoms with Gasteiger partial charge in [0.1, 0.15) is 6.07 Å². The molecule has 0 spiro atoms. The molecule has 0 heterocycles. The standard InChI is InChI=1S/C14H17ClN2O/c1-9-11(6-5-10(8-16)13(9)15)17-12-4-3-7-14(12,2)18/h5-6,12,17-18H,3-4,7H2,1-2H3/t12?,14-/m1/s1. The number of halogens is 1. The number of nitrogens with zero attached hydrogens (tertiary/aromatic N) is 1. The normalized spacial score (nSPS) is 26.9. The lowest BCUT2D eigenvalue weighted by Gasteiger charge is -2.28. The summed E-state index contributed by atoms with van der Waals surface area (Å²) in [6, 6.07) is 5.67. The molecule has 96 valence electrons. The molecule has 0 bridgehead atoms. The summed E-state index contributed by atoms with van der Waals surface area (Å²) in [5.74, 6) is 0. The Morgan fingerprint density at radius 1 is 1.56 bits per heavy atom. The maximum Gasteiger partial charge on any atom is 0.101 e. The topological polar surface area (TPSA) is 56.0 Å². The Kier molecular flexibility index (Phi) is 3.52. The van der Waals surface area contributed by atoms with E-state index in [2.05, 4.69) is 11.4 Å². The summed E-state index contributed by atoms with van der Waals surface area (Å²) in [4.78, 5) is 0. The molecule has 0 aliphatic heterocycles. The number of rotatable bonds is 2. The van der Waals surface area contributed by atoms with E-state index in [-0.39, 0.29) is 6.04 Å². The maximum absolute atomic E-state index is 10.2. The van der Waals surface area contributed by atoms with Gasteiger partial charge in [0.25, 0.3) is 0 Å². The van der Waals surface area contributed by atoms with Gasteiger partial charge in [-0.3, -0.25) is 0 Å². The van der Waals surface area contributed by atoms with Crippen molar-refractivity contribution in [3.8, 4) is 6.07 Å². The third kappa shape index (κ3) is 2.31. The smallest absolute Gasteiger partial charge is 0.101 e. The van der Waals surface area contributed by atoms with Crippen LogP contribution in [0, 0.1) is 18.3 Å². The molecule has 18 heavy (non-hydrogen) atoms. The molecule has 0 amide bonds. The van der Waals surface area contributed by atoms with Gasteiger partial charge in [0.05, 0.1) is 22.2 Å². The summed E-state index contributed by atoms with van der Waals surface area (Å²) in [6.07, 6.45) is 2.78. The van der Waals surface area contributed by atoms with Crippen LogP contribution in [0.5, 0.6) is 0 Å². The van der Waals surface area contributed by atoms with Gasteiger partial charge in [-0.15, -0.1) is 0 Å². The zero-order valence-corrected chi connectivity index (χ0v) is 11.4. The summed E-state index contributed by atoms with van der Waals surface area (Å²) in [6.45, 7) is 3.74. The highest BCUT2D eigenvalue weighted by atomic mass is 35.5. The third-order valence-corrected chi connectivity index (χ3v) is 4.25. The first-order valence-electron chi connectivity index (χ1n) is 6.14. The van der Waals surface area contributed by atoms with Gasteiger partial charge >= 0.3 is 0 Å². The van der Waals surface area contributed by atoms with Gasteiger partial charge in [0.2, 0.25) is 0 Å². The number of hydrogen-bond donors (Lipinski definition) is 2. The summed E-state index contributed by atoms with van der Waals surface area (Å²) in [5, 5.41) is 23.0.